The third kappa shape index (κ3) is 4.49. The van der Waals surface area contributed by atoms with Crippen molar-refractivity contribution >= 4 is 34.3 Å². The summed E-state index contributed by atoms with van der Waals surface area (Å²) in [4.78, 5) is 30.3. The Morgan fingerprint density at radius 1 is 1.27 bits per heavy atom. The zero-order chi connectivity index (χ0) is 20.9. The second kappa shape index (κ2) is 9.32. The number of hydrogen-bond donors (Lipinski definition) is 1. The SMILES string of the molecule is COc1ccccc1NC(=O)CSc1nc2ccccc2c(=O)n1C[C@@H]1CCCO1. The number of rotatable bonds is 7. The summed E-state index contributed by atoms with van der Waals surface area (Å²) in [6, 6.07) is 14.5. The summed E-state index contributed by atoms with van der Waals surface area (Å²) < 4.78 is 12.6. The Morgan fingerprint density at radius 2 is 2.07 bits per heavy atom. The predicted molar refractivity (Wildman–Crippen MR) is 117 cm³/mol. The highest BCUT2D eigenvalue weighted by Crippen LogP contribution is 2.25. The van der Waals surface area contributed by atoms with Crippen LogP contribution in [-0.2, 0) is 16.1 Å². The van der Waals surface area contributed by atoms with Gasteiger partial charge in [0.1, 0.15) is 5.75 Å². The number of methoxy groups -OCH3 is 1. The Hall–Kier alpha value is -2.84. The van der Waals surface area contributed by atoms with Gasteiger partial charge >= 0.3 is 0 Å². The summed E-state index contributed by atoms with van der Waals surface area (Å²) in [6.07, 6.45) is 1.90. The van der Waals surface area contributed by atoms with Crippen LogP contribution in [0.3, 0.4) is 0 Å². The van der Waals surface area contributed by atoms with E-state index in [4.69, 9.17) is 9.47 Å². The Morgan fingerprint density at radius 3 is 2.87 bits per heavy atom. The number of thioether (sulfide) groups is 1. The number of nitrogens with zero attached hydrogens (tertiary/aromatic N) is 2. The standard InChI is InChI=1S/C22H23N3O4S/c1-28-19-11-5-4-10-18(19)23-20(26)14-30-22-24-17-9-3-2-8-16(17)21(27)25(22)13-15-7-6-12-29-15/h2-5,8-11,15H,6-7,12-14H2,1H3,(H,23,26)/t15-/m0/s1. The molecule has 1 aliphatic rings. The third-order valence-electron chi connectivity index (χ3n) is 4.95. The highest BCUT2D eigenvalue weighted by atomic mass is 32.2. The van der Waals surface area contributed by atoms with Gasteiger partial charge in [0.25, 0.3) is 5.56 Å². The average Bonchev–Trinajstić information content (AvgIpc) is 3.28. The fraction of sp³-hybridized carbons (Fsp3) is 0.318. The van der Waals surface area contributed by atoms with Gasteiger partial charge in [-0.15, -0.1) is 0 Å². The number of hydrogen-bond acceptors (Lipinski definition) is 6. The van der Waals surface area contributed by atoms with Crippen molar-refractivity contribution in [3.63, 3.8) is 0 Å². The van der Waals surface area contributed by atoms with Crippen molar-refractivity contribution < 1.29 is 14.3 Å². The normalized spacial score (nSPS) is 16.0. The van der Waals surface area contributed by atoms with Crippen LogP contribution in [0, 0.1) is 0 Å². The fourth-order valence-electron chi connectivity index (χ4n) is 3.48. The molecular weight excluding hydrogens is 402 g/mol. The molecule has 2 heterocycles. The van der Waals surface area contributed by atoms with Gasteiger partial charge in [-0.1, -0.05) is 36.0 Å². The quantitative estimate of drug-likeness (QED) is 0.462. The molecule has 8 heteroatoms. The number of carbonyl (C=O) groups is 1. The van der Waals surface area contributed by atoms with Crippen LogP contribution < -0.4 is 15.6 Å². The molecular formula is C22H23N3O4S. The Kier molecular flexibility index (Phi) is 6.35. The minimum Gasteiger partial charge on any atom is -0.495 e. The molecule has 1 aliphatic heterocycles. The van der Waals surface area contributed by atoms with Gasteiger partial charge < -0.3 is 14.8 Å². The van der Waals surface area contributed by atoms with E-state index in [2.05, 4.69) is 10.3 Å². The van der Waals surface area contributed by atoms with E-state index in [9.17, 15) is 9.59 Å². The van der Waals surface area contributed by atoms with Crippen LogP contribution in [0.4, 0.5) is 5.69 Å². The molecule has 1 amide bonds. The molecule has 1 saturated heterocycles. The number of benzene rings is 2. The summed E-state index contributed by atoms with van der Waals surface area (Å²) >= 11 is 1.24. The van der Waals surface area contributed by atoms with Gasteiger partial charge in [0.15, 0.2) is 5.16 Å². The molecule has 30 heavy (non-hydrogen) atoms. The van der Waals surface area contributed by atoms with Crippen molar-refractivity contribution in [2.75, 3.05) is 24.8 Å². The lowest BCUT2D eigenvalue weighted by Crippen LogP contribution is -2.29. The Balaban J connectivity index is 1.56. The second-order valence-corrected chi connectivity index (χ2v) is 7.94. The van der Waals surface area contributed by atoms with E-state index in [1.54, 1.807) is 29.9 Å². The van der Waals surface area contributed by atoms with Gasteiger partial charge in [-0.05, 0) is 37.1 Å². The smallest absolute Gasteiger partial charge is 0.262 e. The predicted octanol–water partition coefficient (Wildman–Crippen LogP) is 3.31. The molecule has 1 atom stereocenters. The van der Waals surface area contributed by atoms with E-state index in [0.29, 0.717) is 40.6 Å². The molecule has 156 valence electrons. The number of nitrogens with one attached hydrogen (secondary N) is 1. The molecule has 1 fully saturated rings. The molecule has 0 spiro atoms. The number of fused-ring (bicyclic) bond motifs is 1. The first-order chi connectivity index (χ1) is 14.7. The molecule has 2 aromatic carbocycles. The zero-order valence-corrected chi connectivity index (χ0v) is 17.5. The Bertz CT molecular complexity index is 1110. The highest BCUT2D eigenvalue weighted by molar-refractivity contribution is 7.99. The topological polar surface area (TPSA) is 82.5 Å². The van der Waals surface area contributed by atoms with Crippen LogP contribution >= 0.6 is 11.8 Å². The van der Waals surface area contributed by atoms with Crippen molar-refractivity contribution in [3.05, 3.63) is 58.9 Å². The minimum atomic E-state index is -0.199. The highest BCUT2D eigenvalue weighted by Gasteiger charge is 2.20. The number of aromatic nitrogens is 2. The van der Waals surface area contributed by atoms with Crippen LogP contribution in [0.15, 0.2) is 58.5 Å². The first kappa shape index (κ1) is 20.4. The third-order valence-corrected chi connectivity index (χ3v) is 5.93. The van der Waals surface area contributed by atoms with Gasteiger partial charge in [-0.2, -0.15) is 0 Å². The summed E-state index contributed by atoms with van der Waals surface area (Å²) in [5.74, 6) is 0.513. The number of para-hydroxylation sites is 3. The number of carbonyl (C=O) groups excluding carboxylic acids is 1. The summed E-state index contributed by atoms with van der Waals surface area (Å²) in [5.41, 5.74) is 1.12. The average molecular weight is 426 g/mol. The van der Waals surface area contributed by atoms with Crippen LogP contribution in [0.25, 0.3) is 10.9 Å². The lowest BCUT2D eigenvalue weighted by atomic mass is 10.2. The van der Waals surface area contributed by atoms with Crippen molar-refractivity contribution in [3.8, 4) is 5.75 Å². The molecule has 4 rings (SSSR count). The maximum absolute atomic E-state index is 13.1. The van der Waals surface area contributed by atoms with Gasteiger partial charge in [0.05, 0.1) is 42.1 Å². The van der Waals surface area contributed by atoms with Crippen LogP contribution in [0.2, 0.25) is 0 Å². The molecule has 7 nitrogen and oxygen atoms in total. The first-order valence-electron chi connectivity index (χ1n) is 9.82. The lowest BCUT2D eigenvalue weighted by molar-refractivity contribution is -0.113. The van der Waals surface area contributed by atoms with Gasteiger partial charge in [-0.3, -0.25) is 14.2 Å². The largest absolute Gasteiger partial charge is 0.495 e. The van der Waals surface area contributed by atoms with Crippen LogP contribution in [0.1, 0.15) is 12.8 Å². The van der Waals surface area contributed by atoms with Crippen LogP contribution in [0.5, 0.6) is 5.75 Å². The Labute approximate surface area is 178 Å². The zero-order valence-electron chi connectivity index (χ0n) is 16.7. The fourth-order valence-corrected chi connectivity index (χ4v) is 4.28. The van der Waals surface area contributed by atoms with E-state index in [-0.39, 0.29) is 23.3 Å². The van der Waals surface area contributed by atoms with Crippen molar-refractivity contribution in [2.24, 2.45) is 0 Å². The van der Waals surface area contributed by atoms with E-state index in [1.807, 2.05) is 30.3 Å². The minimum absolute atomic E-state index is 0.00702. The second-order valence-electron chi connectivity index (χ2n) is 7.00. The molecule has 1 aromatic heterocycles. The monoisotopic (exact) mass is 425 g/mol. The van der Waals surface area contributed by atoms with Crippen LogP contribution in [-0.4, -0.2) is 41.0 Å². The van der Waals surface area contributed by atoms with E-state index >= 15 is 0 Å². The molecule has 0 aliphatic carbocycles. The molecule has 1 N–H and O–H groups in total. The lowest BCUT2D eigenvalue weighted by Gasteiger charge is -2.16. The maximum atomic E-state index is 13.1. The van der Waals surface area contributed by atoms with Gasteiger partial charge in [-0.25, -0.2) is 4.98 Å². The van der Waals surface area contributed by atoms with Gasteiger partial charge in [0, 0.05) is 6.61 Å². The van der Waals surface area contributed by atoms with Gasteiger partial charge in [0.2, 0.25) is 5.91 Å². The van der Waals surface area contributed by atoms with E-state index in [1.165, 1.54) is 11.8 Å². The molecule has 0 saturated carbocycles. The molecule has 3 aromatic rings. The maximum Gasteiger partial charge on any atom is 0.262 e. The van der Waals surface area contributed by atoms with E-state index in [0.717, 1.165) is 12.8 Å². The number of amides is 1. The number of ether oxygens (including phenoxy) is 2. The molecule has 0 bridgehead atoms. The summed E-state index contributed by atoms with van der Waals surface area (Å²) in [6.45, 7) is 1.15. The van der Waals surface area contributed by atoms with Crippen molar-refractivity contribution in [2.45, 2.75) is 30.6 Å². The molecule has 0 unspecified atom stereocenters. The first-order valence-corrected chi connectivity index (χ1v) is 10.8. The summed E-state index contributed by atoms with van der Waals surface area (Å²) in [7, 11) is 1.56. The van der Waals surface area contributed by atoms with E-state index < -0.39 is 0 Å². The molecule has 0 radical (unpaired) electrons. The van der Waals surface area contributed by atoms with Crippen molar-refractivity contribution in [1.82, 2.24) is 9.55 Å². The number of anilines is 1. The van der Waals surface area contributed by atoms with Crippen molar-refractivity contribution in [1.29, 1.82) is 0 Å². The summed E-state index contributed by atoms with van der Waals surface area (Å²) in [5, 5.41) is 3.94.